The van der Waals surface area contributed by atoms with Crippen molar-refractivity contribution in [1.29, 1.82) is 0 Å². The molecule has 8 heterocycles. The van der Waals surface area contributed by atoms with Crippen molar-refractivity contribution in [1.82, 2.24) is 40.9 Å². The zero-order chi connectivity index (χ0) is 88.8. The fourth-order valence-corrected chi connectivity index (χ4v) is 15.4. The van der Waals surface area contributed by atoms with E-state index >= 15 is 0 Å². The highest BCUT2D eigenvalue weighted by Crippen LogP contribution is 2.39. The number of aliphatic hydroxyl groups is 4. The van der Waals surface area contributed by atoms with Crippen LogP contribution in [0.4, 0.5) is 40.3 Å². The van der Waals surface area contributed by atoms with Gasteiger partial charge < -0.3 is 80.2 Å². The summed E-state index contributed by atoms with van der Waals surface area (Å²) < 4.78 is 86.8. The van der Waals surface area contributed by atoms with Crippen LogP contribution in [-0.2, 0) is 90.7 Å². The van der Waals surface area contributed by atoms with Gasteiger partial charge >= 0.3 is 0 Å². The van der Waals surface area contributed by atoms with E-state index in [1.165, 1.54) is 69.3 Å². The van der Waals surface area contributed by atoms with Crippen molar-refractivity contribution in [2.45, 2.75) is 128 Å². The molecule has 8 aliphatic rings. The Hall–Kier alpha value is -13.8. The molecule has 12 amide bonds. The average molecular weight is 1710 g/mol. The molecule has 4 saturated heterocycles. The minimum absolute atomic E-state index is 0.0184. The van der Waals surface area contributed by atoms with Crippen LogP contribution in [0.25, 0.3) is 0 Å². The third kappa shape index (κ3) is 20.5. The van der Waals surface area contributed by atoms with Crippen LogP contribution in [0.3, 0.4) is 0 Å². The van der Waals surface area contributed by atoms with Gasteiger partial charge in [-0.1, -0.05) is 24.3 Å². The third-order valence-corrected chi connectivity index (χ3v) is 21.5. The van der Waals surface area contributed by atoms with Gasteiger partial charge in [-0.15, -0.1) is 0 Å². The van der Waals surface area contributed by atoms with E-state index in [1.54, 1.807) is 91.0 Å². The monoisotopic (exact) mass is 1710 g/mol. The van der Waals surface area contributed by atoms with E-state index in [4.69, 9.17) is 40.7 Å². The summed E-state index contributed by atoms with van der Waals surface area (Å²) in [6.45, 7) is 1.14. The van der Waals surface area contributed by atoms with Crippen molar-refractivity contribution in [2.24, 2.45) is 0 Å². The van der Waals surface area contributed by atoms with Crippen LogP contribution in [0.5, 0.6) is 23.0 Å². The molecular weight excluding hydrogens is 1620 g/mol. The Bertz CT molecular complexity index is 5160. The van der Waals surface area contributed by atoms with E-state index in [0.717, 1.165) is 21.6 Å². The predicted octanol–water partition coefficient (Wildman–Crippen LogP) is 6.28. The Labute approximate surface area is 707 Å². The normalized spacial score (nSPS) is 18.8. The van der Waals surface area contributed by atoms with Crippen molar-refractivity contribution >= 4 is 93.6 Å². The number of imide groups is 4. The first-order chi connectivity index (χ1) is 60.3. The second kappa shape index (κ2) is 40.2. The predicted molar refractivity (Wildman–Crippen MR) is 435 cm³/mol. The van der Waals surface area contributed by atoms with Crippen molar-refractivity contribution < 1.29 is 116 Å². The standard InChI is InChI=1S/4C22H22FN3O5/c4*23-17-5-4-14(31-9-8-27)10-13(17)11-24-18-3-1-2-15-16(18)12-26(22(15)30)19-6-7-20(28)25-21(19)29/h4*1-5,10,19,24,27H,6-9,11-12H2,(H,25,28,29)/t2*19-;;/m10../s1/i;;19D;. The number of piperidine rings is 4. The Morgan fingerprint density at radius 2 is 0.573 bits per heavy atom. The number of nitrogens with zero attached hydrogens (tertiary/aromatic N) is 4. The van der Waals surface area contributed by atoms with E-state index < -0.39 is 82.9 Å². The third-order valence-electron chi connectivity index (χ3n) is 21.5. The molecule has 0 aliphatic carbocycles. The molecule has 0 bridgehead atoms. The maximum atomic E-state index is 14.3. The molecule has 4 atom stereocenters. The summed E-state index contributed by atoms with van der Waals surface area (Å²) in [6, 6.07) is 34.0. The maximum Gasteiger partial charge on any atom is 0.255 e. The van der Waals surface area contributed by atoms with Crippen LogP contribution >= 0.6 is 0 Å². The van der Waals surface area contributed by atoms with Crippen LogP contribution in [0.1, 0.15) is 139 Å². The first-order valence-corrected chi connectivity index (χ1v) is 39.9. The Balaban J connectivity index is 0.000000143. The van der Waals surface area contributed by atoms with Gasteiger partial charge in [-0.25, -0.2) is 17.6 Å². The molecule has 8 aliphatic heterocycles. The quantitative estimate of drug-likeness (QED) is 0.0189. The lowest BCUT2D eigenvalue weighted by atomic mass is 10.0. The van der Waals surface area contributed by atoms with Crippen LogP contribution in [0.15, 0.2) is 146 Å². The van der Waals surface area contributed by atoms with Crippen LogP contribution in [0.2, 0.25) is 0 Å². The number of ether oxygens (including phenoxy) is 4. The molecule has 124 heavy (non-hydrogen) atoms. The smallest absolute Gasteiger partial charge is 0.255 e. The summed E-state index contributed by atoms with van der Waals surface area (Å²) in [5, 5.41) is 57.1. The van der Waals surface area contributed by atoms with Crippen LogP contribution < -0.4 is 61.5 Å². The highest BCUT2D eigenvalue weighted by Gasteiger charge is 2.45. The summed E-state index contributed by atoms with van der Waals surface area (Å²) in [6.07, 6.45) is 1.35. The molecule has 16 rings (SSSR count). The summed E-state index contributed by atoms with van der Waals surface area (Å²) in [5.74, 6) is -4.81. The highest BCUT2D eigenvalue weighted by molar-refractivity contribution is 6.09. The molecule has 0 spiro atoms. The molecule has 36 heteroatoms. The lowest BCUT2D eigenvalue weighted by molar-refractivity contribution is -0.138. The van der Waals surface area contributed by atoms with E-state index in [9.17, 15) is 75.1 Å². The van der Waals surface area contributed by atoms with E-state index in [1.807, 2.05) is 0 Å². The minimum atomic E-state index is -1.87. The SMILES string of the molecule is O=C1CCC(N2Cc3c(NCc4cc(OCCO)ccc4F)cccc3C2=O)C(=O)N1.O=C1CC[C@@H](N2Cc3c(NCc4cc(OCCO)ccc4F)cccc3C2=O)C(=O)N1.O=C1CC[C@H](N2Cc3c(NCc4cc(OCCO)ccc4F)cccc3C2=O)C(=O)N1.[2H]C1(N2Cc3c(NCc4cc(OCCO)ccc4F)cccc3C2=O)CCC(=O)NC1=O. The topological polar surface area (TPSA) is 432 Å². The molecular formula is C88H88F4N12O20. The van der Waals surface area contributed by atoms with Gasteiger partial charge in [0.05, 0.1) is 27.8 Å². The Morgan fingerprint density at radius 1 is 0.331 bits per heavy atom. The zero-order valence-corrected chi connectivity index (χ0v) is 66.7. The highest BCUT2D eigenvalue weighted by atomic mass is 19.1. The summed E-state index contributed by atoms with van der Waals surface area (Å²) in [4.78, 5) is 152. The summed E-state index contributed by atoms with van der Waals surface area (Å²) in [7, 11) is 0. The number of benzene rings is 8. The number of hydrogen-bond acceptors (Lipinski definition) is 24. The van der Waals surface area contributed by atoms with Gasteiger partial charge in [-0.2, -0.15) is 0 Å². The maximum absolute atomic E-state index is 14.3. The lowest BCUT2D eigenvalue weighted by Gasteiger charge is -2.29. The molecule has 0 radical (unpaired) electrons. The van der Waals surface area contributed by atoms with E-state index in [-0.39, 0.29) is 173 Å². The van der Waals surface area contributed by atoms with Gasteiger partial charge in [0.25, 0.3) is 23.6 Å². The van der Waals surface area contributed by atoms with Gasteiger partial charge in [0.1, 0.15) is 96.8 Å². The number of aliphatic hydroxyl groups excluding tert-OH is 4. The largest absolute Gasteiger partial charge is 0.491 e. The second-order valence-corrected chi connectivity index (χ2v) is 29.5. The second-order valence-electron chi connectivity index (χ2n) is 29.5. The molecule has 4 fully saturated rings. The minimum Gasteiger partial charge on any atom is -0.491 e. The van der Waals surface area contributed by atoms with Gasteiger partial charge in [-0.3, -0.25) is 78.8 Å². The summed E-state index contributed by atoms with van der Waals surface area (Å²) >= 11 is 0. The van der Waals surface area contributed by atoms with Crippen LogP contribution in [-0.4, -0.2) is 188 Å². The van der Waals surface area contributed by atoms with Gasteiger partial charge in [0, 0.05) is 168 Å². The zero-order valence-electron chi connectivity index (χ0n) is 67.7. The molecule has 0 saturated carbocycles. The molecule has 12 N–H and O–H groups in total. The fourth-order valence-electron chi connectivity index (χ4n) is 15.4. The number of hydrogen-bond donors (Lipinski definition) is 12. The number of carbonyl (C=O) groups is 12. The lowest BCUT2D eigenvalue weighted by Crippen LogP contribution is -2.52. The number of halogens is 4. The molecule has 648 valence electrons. The van der Waals surface area contributed by atoms with Gasteiger partial charge in [0.2, 0.25) is 47.3 Å². The van der Waals surface area contributed by atoms with Crippen molar-refractivity contribution in [3.63, 3.8) is 0 Å². The first-order valence-electron chi connectivity index (χ1n) is 40.4. The fraction of sp³-hybridized carbons (Fsp3) is 0.318. The Morgan fingerprint density at radius 3 is 0.823 bits per heavy atom. The van der Waals surface area contributed by atoms with Crippen molar-refractivity contribution in [3.8, 4) is 23.0 Å². The van der Waals surface area contributed by atoms with Gasteiger partial charge in [-0.05, 0) is 147 Å². The van der Waals surface area contributed by atoms with Crippen LogP contribution in [0, 0.1) is 23.3 Å². The van der Waals surface area contributed by atoms with Crippen molar-refractivity contribution in [3.05, 3.63) is 236 Å². The molecule has 32 nitrogen and oxygen atoms in total. The summed E-state index contributed by atoms with van der Waals surface area (Å²) in [5.41, 5.74) is 8.62. The molecule has 2 unspecified atom stereocenters. The van der Waals surface area contributed by atoms with E-state index in [0.29, 0.717) is 115 Å². The number of anilines is 4. The Kier molecular flexibility index (Phi) is 28.1. The first kappa shape index (κ1) is 86.5. The number of amides is 12. The van der Waals surface area contributed by atoms with Crippen molar-refractivity contribution in [2.75, 3.05) is 74.1 Å². The molecule has 8 aromatic carbocycles. The number of rotatable bonds is 28. The average Bonchev–Trinajstić information content (AvgIpc) is 1.63. The van der Waals surface area contributed by atoms with Gasteiger partial charge in [0.15, 0.2) is 0 Å². The number of carbonyl (C=O) groups excluding carboxylic acids is 12. The molecule has 0 aromatic heterocycles. The molecule has 8 aromatic rings. The number of nitrogens with one attached hydrogen (secondary N) is 8. The number of fused-ring (bicyclic) bond motifs is 4. The van der Waals surface area contributed by atoms with E-state index in [2.05, 4.69) is 42.5 Å².